The van der Waals surface area contributed by atoms with Crippen molar-refractivity contribution in [3.8, 4) is 0 Å². The molecule has 0 saturated heterocycles. The average molecular weight is 229 g/mol. The third kappa shape index (κ3) is 2.87. The summed E-state index contributed by atoms with van der Waals surface area (Å²) in [6.45, 7) is 7.22. The van der Waals surface area contributed by atoms with Crippen molar-refractivity contribution in [3.05, 3.63) is 47.8 Å². The van der Waals surface area contributed by atoms with Gasteiger partial charge in [-0.2, -0.15) is 5.10 Å². The van der Waals surface area contributed by atoms with Gasteiger partial charge in [0.2, 0.25) is 0 Å². The molecule has 1 heterocycles. The van der Waals surface area contributed by atoms with E-state index in [1.807, 2.05) is 17.1 Å². The van der Waals surface area contributed by atoms with Gasteiger partial charge in [0.05, 0.1) is 11.9 Å². The Hall–Kier alpha value is -1.77. The molecule has 0 aliphatic carbocycles. The smallest absolute Gasteiger partial charge is 0.0729 e. The van der Waals surface area contributed by atoms with E-state index in [4.69, 9.17) is 0 Å². The van der Waals surface area contributed by atoms with Crippen molar-refractivity contribution < 1.29 is 0 Å². The van der Waals surface area contributed by atoms with Gasteiger partial charge in [-0.25, -0.2) is 0 Å². The number of rotatable bonds is 4. The lowest BCUT2D eigenvalue weighted by Gasteiger charge is -2.07. The van der Waals surface area contributed by atoms with Crippen LogP contribution in [-0.2, 0) is 6.54 Å². The van der Waals surface area contributed by atoms with Gasteiger partial charge in [0.1, 0.15) is 0 Å². The van der Waals surface area contributed by atoms with Crippen LogP contribution in [0.5, 0.6) is 0 Å². The normalized spacial score (nSPS) is 10.8. The quantitative estimate of drug-likeness (QED) is 0.871. The summed E-state index contributed by atoms with van der Waals surface area (Å²) >= 11 is 0. The minimum Gasteiger partial charge on any atom is -0.378 e. The van der Waals surface area contributed by atoms with Crippen LogP contribution in [0, 0.1) is 6.92 Å². The molecular formula is C14H19N3. The van der Waals surface area contributed by atoms with Crippen LogP contribution in [-0.4, -0.2) is 9.78 Å². The van der Waals surface area contributed by atoms with Gasteiger partial charge < -0.3 is 5.32 Å². The highest BCUT2D eigenvalue weighted by molar-refractivity contribution is 5.40. The molecule has 2 rings (SSSR count). The molecule has 0 aliphatic heterocycles. The molecule has 0 atom stereocenters. The van der Waals surface area contributed by atoms with Crippen molar-refractivity contribution in [2.24, 2.45) is 0 Å². The molecule has 17 heavy (non-hydrogen) atoms. The number of nitrogens with one attached hydrogen (secondary N) is 1. The largest absolute Gasteiger partial charge is 0.378 e. The number of hydrogen-bond donors (Lipinski definition) is 1. The van der Waals surface area contributed by atoms with Crippen LogP contribution in [0.15, 0.2) is 36.7 Å². The lowest BCUT2D eigenvalue weighted by atomic mass is 10.1. The minimum atomic E-state index is 0.406. The van der Waals surface area contributed by atoms with Gasteiger partial charge >= 0.3 is 0 Å². The molecule has 0 radical (unpaired) electrons. The Morgan fingerprint density at radius 1 is 1.29 bits per heavy atom. The molecule has 0 saturated carbocycles. The molecule has 0 amide bonds. The highest BCUT2D eigenvalue weighted by Gasteiger charge is 2.02. The Balaban J connectivity index is 2.00. The number of nitrogens with zero attached hydrogens (tertiary/aromatic N) is 2. The Labute approximate surface area is 102 Å². The summed E-state index contributed by atoms with van der Waals surface area (Å²) in [5.74, 6) is 0. The summed E-state index contributed by atoms with van der Waals surface area (Å²) in [5.41, 5.74) is 3.71. The standard InChI is InChI=1S/C14H19N3/c1-11(2)17-10-14(9-16-17)15-8-13-7-5-4-6-12(13)3/h4-7,9-11,15H,8H2,1-3H3. The van der Waals surface area contributed by atoms with Crippen LogP contribution in [0.3, 0.4) is 0 Å². The van der Waals surface area contributed by atoms with E-state index >= 15 is 0 Å². The first-order valence-electron chi connectivity index (χ1n) is 5.99. The van der Waals surface area contributed by atoms with Gasteiger partial charge in [0.15, 0.2) is 0 Å². The second-order valence-electron chi connectivity index (χ2n) is 4.58. The predicted molar refractivity (Wildman–Crippen MR) is 71.1 cm³/mol. The van der Waals surface area contributed by atoms with Crippen molar-refractivity contribution in [2.45, 2.75) is 33.4 Å². The molecule has 3 heteroatoms. The number of benzene rings is 1. The summed E-state index contributed by atoms with van der Waals surface area (Å²) in [6, 6.07) is 8.82. The number of aromatic nitrogens is 2. The Bertz CT molecular complexity index is 486. The molecule has 0 unspecified atom stereocenters. The Morgan fingerprint density at radius 2 is 2.06 bits per heavy atom. The maximum absolute atomic E-state index is 4.30. The molecule has 90 valence electrons. The topological polar surface area (TPSA) is 29.9 Å². The van der Waals surface area contributed by atoms with Gasteiger partial charge in [-0.15, -0.1) is 0 Å². The van der Waals surface area contributed by atoms with E-state index in [0.717, 1.165) is 12.2 Å². The minimum absolute atomic E-state index is 0.406. The van der Waals surface area contributed by atoms with E-state index in [0.29, 0.717) is 6.04 Å². The van der Waals surface area contributed by atoms with Crippen LogP contribution in [0.2, 0.25) is 0 Å². The molecule has 3 nitrogen and oxygen atoms in total. The predicted octanol–water partition coefficient (Wildman–Crippen LogP) is 3.38. The summed E-state index contributed by atoms with van der Waals surface area (Å²) in [6.07, 6.45) is 3.92. The van der Waals surface area contributed by atoms with E-state index in [-0.39, 0.29) is 0 Å². The van der Waals surface area contributed by atoms with Crippen molar-refractivity contribution in [2.75, 3.05) is 5.32 Å². The third-order valence-corrected chi connectivity index (χ3v) is 2.87. The van der Waals surface area contributed by atoms with Crippen molar-refractivity contribution in [3.63, 3.8) is 0 Å². The average Bonchev–Trinajstić information content (AvgIpc) is 2.77. The zero-order chi connectivity index (χ0) is 12.3. The van der Waals surface area contributed by atoms with Crippen molar-refractivity contribution in [1.82, 2.24) is 9.78 Å². The van der Waals surface area contributed by atoms with Gasteiger partial charge in [-0.05, 0) is 31.9 Å². The molecule has 1 aromatic heterocycles. The van der Waals surface area contributed by atoms with Gasteiger partial charge in [0, 0.05) is 18.8 Å². The van der Waals surface area contributed by atoms with E-state index in [2.05, 4.69) is 55.5 Å². The molecule has 0 aliphatic rings. The second kappa shape index (κ2) is 5.04. The van der Waals surface area contributed by atoms with Crippen LogP contribution < -0.4 is 5.32 Å². The van der Waals surface area contributed by atoms with Crippen molar-refractivity contribution in [1.29, 1.82) is 0 Å². The molecule has 1 N–H and O–H groups in total. The van der Waals surface area contributed by atoms with E-state index in [1.165, 1.54) is 11.1 Å². The van der Waals surface area contributed by atoms with E-state index < -0.39 is 0 Å². The molecule has 0 spiro atoms. The maximum Gasteiger partial charge on any atom is 0.0729 e. The monoisotopic (exact) mass is 229 g/mol. The summed E-state index contributed by atoms with van der Waals surface area (Å²) < 4.78 is 1.96. The molecular weight excluding hydrogens is 210 g/mol. The van der Waals surface area contributed by atoms with Gasteiger partial charge in [0.25, 0.3) is 0 Å². The highest BCUT2D eigenvalue weighted by atomic mass is 15.3. The number of aryl methyl sites for hydroxylation is 1. The fourth-order valence-corrected chi connectivity index (χ4v) is 1.72. The van der Waals surface area contributed by atoms with E-state index in [1.54, 1.807) is 0 Å². The van der Waals surface area contributed by atoms with Gasteiger partial charge in [-0.3, -0.25) is 4.68 Å². The Kier molecular flexibility index (Phi) is 3.47. The van der Waals surface area contributed by atoms with Crippen LogP contribution in [0.1, 0.15) is 31.0 Å². The third-order valence-electron chi connectivity index (χ3n) is 2.87. The summed E-state index contributed by atoms with van der Waals surface area (Å²) in [4.78, 5) is 0. The molecule has 0 fully saturated rings. The maximum atomic E-state index is 4.30. The van der Waals surface area contributed by atoms with Gasteiger partial charge in [-0.1, -0.05) is 24.3 Å². The summed E-state index contributed by atoms with van der Waals surface area (Å²) in [7, 11) is 0. The second-order valence-corrected chi connectivity index (χ2v) is 4.58. The fourth-order valence-electron chi connectivity index (χ4n) is 1.72. The zero-order valence-corrected chi connectivity index (χ0v) is 10.6. The first kappa shape index (κ1) is 11.7. The SMILES string of the molecule is Cc1ccccc1CNc1cnn(C(C)C)c1. The fraction of sp³-hybridized carbons (Fsp3) is 0.357. The molecule has 2 aromatic rings. The molecule has 0 bridgehead atoms. The number of hydrogen-bond acceptors (Lipinski definition) is 2. The van der Waals surface area contributed by atoms with Crippen LogP contribution >= 0.6 is 0 Å². The zero-order valence-electron chi connectivity index (χ0n) is 10.6. The van der Waals surface area contributed by atoms with Crippen molar-refractivity contribution >= 4 is 5.69 Å². The lowest BCUT2D eigenvalue weighted by molar-refractivity contribution is 0.532. The molecule has 1 aromatic carbocycles. The Morgan fingerprint density at radius 3 is 2.71 bits per heavy atom. The van der Waals surface area contributed by atoms with E-state index in [9.17, 15) is 0 Å². The lowest BCUT2D eigenvalue weighted by Crippen LogP contribution is -2.01. The van der Waals surface area contributed by atoms with Crippen LogP contribution in [0.25, 0.3) is 0 Å². The first-order chi connectivity index (χ1) is 8.16. The summed E-state index contributed by atoms with van der Waals surface area (Å²) in [5, 5.41) is 7.70. The highest BCUT2D eigenvalue weighted by Crippen LogP contribution is 2.13. The first-order valence-corrected chi connectivity index (χ1v) is 5.99. The van der Waals surface area contributed by atoms with Crippen LogP contribution in [0.4, 0.5) is 5.69 Å². The number of anilines is 1.